The topological polar surface area (TPSA) is 72.1 Å². The molecule has 7 heteroatoms. The van der Waals surface area contributed by atoms with Crippen LogP contribution in [0.4, 0.5) is 0 Å². The first-order valence-corrected chi connectivity index (χ1v) is 9.10. The van der Waals surface area contributed by atoms with Gasteiger partial charge in [-0.3, -0.25) is 4.68 Å². The number of para-hydroxylation sites is 2. The van der Waals surface area contributed by atoms with E-state index in [1.807, 2.05) is 23.9 Å². The summed E-state index contributed by atoms with van der Waals surface area (Å²) in [6.45, 7) is 7.36. The minimum atomic E-state index is 0.608. The van der Waals surface area contributed by atoms with Crippen LogP contribution in [0, 0.1) is 6.92 Å². The number of hydrogen-bond donors (Lipinski definition) is 2. The molecule has 0 aliphatic carbocycles. The van der Waals surface area contributed by atoms with Crippen molar-refractivity contribution in [2.75, 3.05) is 13.1 Å². The van der Waals surface area contributed by atoms with E-state index in [2.05, 4.69) is 62.3 Å². The highest BCUT2D eigenvalue weighted by Crippen LogP contribution is 2.15. The summed E-state index contributed by atoms with van der Waals surface area (Å²) in [6.07, 6.45) is 2.79. The third-order valence-corrected chi connectivity index (χ3v) is 4.36. The molecular weight excluding hydrogens is 326 g/mol. The second kappa shape index (κ2) is 8.51. The van der Waals surface area contributed by atoms with Crippen LogP contribution in [0.3, 0.4) is 0 Å². The fourth-order valence-corrected chi connectivity index (χ4v) is 2.98. The highest BCUT2D eigenvalue weighted by Gasteiger charge is 2.06. The second-order valence-corrected chi connectivity index (χ2v) is 6.22. The minimum Gasteiger partial charge on any atom is -0.357 e. The lowest BCUT2D eigenvalue weighted by Crippen LogP contribution is -2.38. The first kappa shape index (κ1) is 18.0. The number of benzene rings is 1. The molecule has 0 spiro atoms. The molecule has 0 atom stereocenters. The zero-order valence-electron chi connectivity index (χ0n) is 15.7. The molecule has 138 valence electrons. The molecule has 0 saturated heterocycles. The van der Waals surface area contributed by atoms with Gasteiger partial charge in [-0.1, -0.05) is 12.1 Å². The predicted molar refractivity (Wildman–Crippen MR) is 105 cm³/mol. The number of nitrogens with one attached hydrogen (secondary N) is 2. The average Bonchev–Trinajstić information content (AvgIpc) is 3.19. The van der Waals surface area contributed by atoms with Gasteiger partial charge in [0.05, 0.1) is 23.3 Å². The molecule has 2 aromatic heterocycles. The number of fused-ring (bicyclic) bond motifs is 1. The molecule has 7 nitrogen and oxygen atoms in total. The van der Waals surface area contributed by atoms with Crippen LogP contribution in [0.2, 0.25) is 0 Å². The molecule has 1 aromatic carbocycles. The first-order valence-electron chi connectivity index (χ1n) is 9.10. The highest BCUT2D eigenvalue weighted by molar-refractivity contribution is 5.79. The Labute approximate surface area is 154 Å². The van der Waals surface area contributed by atoms with Crippen molar-refractivity contribution in [3.8, 4) is 0 Å². The predicted octanol–water partition coefficient (Wildman–Crippen LogP) is 2.22. The quantitative estimate of drug-likeness (QED) is 0.388. The van der Waals surface area contributed by atoms with Gasteiger partial charge in [0.25, 0.3) is 0 Å². The van der Waals surface area contributed by atoms with Crippen LogP contribution in [0.25, 0.3) is 11.0 Å². The van der Waals surface area contributed by atoms with Crippen molar-refractivity contribution in [3.05, 3.63) is 48.0 Å². The van der Waals surface area contributed by atoms with E-state index in [0.29, 0.717) is 6.54 Å². The van der Waals surface area contributed by atoms with Gasteiger partial charge in [0.15, 0.2) is 5.96 Å². The molecule has 0 aliphatic heterocycles. The Kier molecular flexibility index (Phi) is 5.88. The summed E-state index contributed by atoms with van der Waals surface area (Å²) in [4.78, 5) is 9.25. The molecule has 0 radical (unpaired) electrons. The average molecular weight is 353 g/mol. The van der Waals surface area contributed by atoms with E-state index in [1.54, 1.807) is 6.20 Å². The molecule has 0 fully saturated rings. The van der Waals surface area contributed by atoms with Crippen molar-refractivity contribution in [1.82, 2.24) is 30.0 Å². The summed E-state index contributed by atoms with van der Waals surface area (Å²) in [5, 5.41) is 10.9. The van der Waals surface area contributed by atoms with Crippen LogP contribution in [-0.2, 0) is 20.1 Å². The van der Waals surface area contributed by atoms with Gasteiger partial charge in [0.2, 0.25) is 0 Å². The molecule has 0 bridgehead atoms. The van der Waals surface area contributed by atoms with E-state index in [-0.39, 0.29) is 0 Å². The van der Waals surface area contributed by atoms with Crippen molar-refractivity contribution in [1.29, 1.82) is 0 Å². The zero-order valence-corrected chi connectivity index (χ0v) is 15.7. The van der Waals surface area contributed by atoms with Gasteiger partial charge in [-0.15, -0.1) is 0 Å². The van der Waals surface area contributed by atoms with Gasteiger partial charge in [-0.2, -0.15) is 5.10 Å². The number of imidazole rings is 1. The number of aromatic nitrogens is 4. The number of aryl methyl sites for hydroxylation is 3. The van der Waals surface area contributed by atoms with Crippen molar-refractivity contribution >= 4 is 17.0 Å². The molecule has 2 heterocycles. The Hall–Kier alpha value is -2.83. The van der Waals surface area contributed by atoms with E-state index in [1.165, 1.54) is 5.52 Å². The molecule has 3 aromatic rings. The van der Waals surface area contributed by atoms with E-state index in [0.717, 1.165) is 49.0 Å². The Morgan fingerprint density at radius 3 is 2.81 bits per heavy atom. The van der Waals surface area contributed by atoms with Crippen LogP contribution in [-0.4, -0.2) is 38.4 Å². The molecule has 0 amide bonds. The monoisotopic (exact) mass is 353 g/mol. The van der Waals surface area contributed by atoms with Crippen LogP contribution in [0.1, 0.15) is 24.9 Å². The first-order chi connectivity index (χ1) is 12.7. The lowest BCUT2D eigenvalue weighted by Gasteiger charge is -2.12. The van der Waals surface area contributed by atoms with Gasteiger partial charge in [-0.05, 0) is 38.5 Å². The summed E-state index contributed by atoms with van der Waals surface area (Å²) in [5.41, 5.74) is 3.34. The van der Waals surface area contributed by atoms with E-state index >= 15 is 0 Å². The van der Waals surface area contributed by atoms with Crippen LogP contribution >= 0.6 is 0 Å². The second-order valence-electron chi connectivity index (χ2n) is 6.22. The highest BCUT2D eigenvalue weighted by atomic mass is 15.3. The van der Waals surface area contributed by atoms with Crippen LogP contribution < -0.4 is 10.6 Å². The third kappa shape index (κ3) is 4.22. The van der Waals surface area contributed by atoms with Crippen molar-refractivity contribution in [2.45, 2.75) is 33.4 Å². The van der Waals surface area contributed by atoms with Crippen LogP contribution in [0.15, 0.2) is 41.5 Å². The van der Waals surface area contributed by atoms with Gasteiger partial charge in [0, 0.05) is 32.9 Å². The fourth-order valence-electron chi connectivity index (χ4n) is 2.98. The summed E-state index contributed by atoms with van der Waals surface area (Å²) < 4.78 is 4.12. The number of nitrogens with zero attached hydrogens (tertiary/aromatic N) is 5. The van der Waals surface area contributed by atoms with Crippen molar-refractivity contribution in [3.63, 3.8) is 0 Å². The molecule has 26 heavy (non-hydrogen) atoms. The van der Waals surface area contributed by atoms with E-state index < -0.39 is 0 Å². The normalized spacial score (nSPS) is 11.9. The Balaban J connectivity index is 1.54. The Morgan fingerprint density at radius 1 is 1.19 bits per heavy atom. The maximum absolute atomic E-state index is 4.63. The summed E-state index contributed by atoms with van der Waals surface area (Å²) >= 11 is 0. The third-order valence-electron chi connectivity index (χ3n) is 4.36. The summed E-state index contributed by atoms with van der Waals surface area (Å²) in [5.74, 6) is 1.89. The number of aliphatic imine (C=N–C) groups is 1. The summed E-state index contributed by atoms with van der Waals surface area (Å²) in [6, 6.07) is 10.3. The Morgan fingerprint density at radius 2 is 2.04 bits per heavy atom. The lowest BCUT2D eigenvalue weighted by atomic mass is 10.3. The fraction of sp³-hybridized carbons (Fsp3) is 0.421. The van der Waals surface area contributed by atoms with Gasteiger partial charge >= 0.3 is 0 Å². The number of guanidine groups is 1. The standard InChI is InChI=1S/C19H27N7/c1-4-20-19(22-14-16-10-12-23-25(16)3)21-11-7-13-26-15(2)24-17-8-5-6-9-18(17)26/h5-6,8-10,12H,4,7,11,13-14H2,1-3H3,(H2,20,21,22). The zero-order chi connectivity index (χ0) is 18.4. The molecular formula is C19H27N7. The van der Waals surface area contributed by atoms with E-state index in [9.17, 15) is 0 Å². The van der Waals surface area contributed by atoms with Crippen molar-refractivity contribution in [2.24, 2.45) is 12.0 Å². The summed E-state index contributed by atoms with van der Waals surface area (Å²) in [7, 11) is 1.93. The number of rotatable bonds is 7. The Bertz CT molecular complexity index is 875. The van der Waals surface area contributed by atoms with E-state index in [4.69, 9.17) is 0 Å². The van der Waals surface area contributed by atoms with Gasteiger partial charge < -0.3 is 15.2 Å². The lowest BCUT2D eigenvalue weighted by molar-refractivity contribution is 0.623. The largest absolute Gasteiger partial charge is 0.357 e. The van der Waals surface area contributed by atoms with Crippen molar-refractivity contribution < 1.29 is 0 Å². The van der Waals surface area contributed by atoms with Gasteiger partial charge in [0.1, 0.15) is 5.82 Å². The molecule has 0 aliphatic rings. The molecule has 2 N–H and O–H groups in total. The molecule has 0 saturated carbocycles. The maximum Gasteiger partial charge on any atom is 0.191 e. The maximum atomic E-state index is 4.63. The molecule has 0 unspecified atom stereocenters. The molecule has 3 rings (SSSR count). The number of hydrogen-bond acceptors (Lipinski definition) is 3. The SMILES string of the molecule is CCNC(=NCc1ccnn1C)NCCCn1c(C)nc2ccccc21. The smallest absolute Gasteiger partial charge is 0.191 e. The van der Waals surface area contributed by atoms with Gasteiger partial charge in [-0.25, -0.2) is 9.98 Å². The minimum absolute atomic E-state index is 0.608. The van der Waals surface area contributed by atoms with Crippen LogP contribution in [0.5, 0.6) is 0 Å².